The molecule has 0 spiro atoms. The van der Waals surface area contributed by atoms with Gasteiger partial charge < -0.3 is 4.90 Å². The number of nitrogens with zero attached hydrogens (tertiary/aromatic N) is 3. The Morgan fingerprint density at radius 1 is 1.00 bits per heavy atom. The molecule has 0 saturated carbocycles. The first-order valence-corrected chi connectivity index (χ1v) is 10.9. The van der Waals surface area contributed by atoms with Gasteiger partial charge in [-0.05, 0) is 35.1 Å². The molecule has 2 unspecified atom stereocenters. The van der Waals surface area contributed by atoms with Crippen LogP contribution in [0.4, 0.5) is 0 Å². The molecule has 2 aromatic carbocycles. The smallest absolute Gasteiger partial charge is 0.219 e. The molecule has 0 bridgehead atoms. The van der Waals surface area contributed by atoms with E-state index in [0.717, 1.165) is 44.7 Å². The van der Waals surface area contributed by atoms with Gasteiger partial charge in [0.1, 0.15) is 0 Å². The fourth-order valence-corrected chi connectivity index (χ4v) is 5.67. The zero-order valence-electron chi connectivity index (χ0n) is 16.2. The second-order valence-corrected chi connectivity index (χ2v) is 9.32. The molecule has 5 heteroatoms. The molecule has 28 heavy (non-hydrogen) atoms. The van der Waals surface area contributed by atoms with Gasteiger partial charge in [-0.15, -0.1) is 11.3 Å². The summed E-state index contributed by atoms with van der Waals surface area (Å²) in [5.41, 5.74) is 3.79. The number of aromatic nitrogens is 1. The molecular formula is C23H25N3OS. The summed E-state index contributed by atoms with van der Waals surface area (Å²) in [6, 6.07) is 17.4. The van der Waals surface area contributed by atoms with Crippen LogP contribution in [0.5, 0.6) is 0 Å². The number of fused-ring (bicyclic) bond motifs is 2. The van der Waals surface area contributed by atoms with Crippen LogP contribution < -0.4 is 0 Å². The first-order chi connectivity index (χ1) is 13.6. The summed E-state index contributed by atoms with van der Waals surface area (Å²) in [7, 11) is 0. The highest BCUT2D eigenvalue weighted by Crippen LogP contribution is 2.32. The number of thiazole rings is 1. The monoisotopic (exact) mass is 391 g/mol. The number of hydrogen-bond donors (Lipinski definition) is 0. The predicted molar refractivity (Wildman–Crippen MR) is 113 cm³/mol. The van der Waals surface area contributed by atoms with Gasteiger partial charge in [0.05, 0.1) is 15.2 Å². The van der Waals surface area contributed by atoms with Gasteiger partial charge in [-0.1, -0.05) is 36.4 Å². The summed E-state index contributed by atoms with van der Waals surface area (Å²) in [4.78, 5) is 20.9. The Morgan fingerprint density at radius 3 is 2.36 bits per heavy atom. The van der Waals surface area contributed by atoms with E-state index in [9.17, 15) is 4.79 Å². The van der Waals surface area contributed by atoms with E-state index in [1.807, 2.05) is 11.0 Å². The van der Waals surface area contributed by atoms with Crippen molar-refractivity contribution in [1.82, 2.24) is 14.8 Å². The van der Waals surface area contributed by atoms with Crippen molar-refractivity contribution in [3.63, 3.8) is 0 Å². The van der Waals surface area contributed by atoms with Gasteiger partial charge >= 0.3 is 0 Å². The fourth-order valence-electron chi connectivity index (χ4n) is 4.67. The number of rotatable bonds is 4. The summed E-state index contributed by atoms with van der Waals surface area (Å²) in [6.45, 7) is 6.81. The van der Waals surface area contributed by atoms with E-state index in [1.54, 1.807) is 18.3 Å². The molecular weight excluding hydrogens is 366 g/mol. The van der Waals surface area contributed by atoms with E-state index < -0.39 is 0 Å². The molecule has 144 valence electrons. The van der Waals surface area contributed by atoms with Gasteiger partial charge in [0, 0.05) is 46.1 Å². The summed E-state index contributed by atoms with van der Waals surface area (Å²) >= 11 is 1.79. The number of likely N-dealkylation sites (tertiary alicyclic amines) is 2. The number of carbonyl (C=O) groups excluding carboxylic acids is 1. The summed E-state index contributed by atoms with van der Waals surface area (Å²) in [6.07, 6.45) is 0.897. The van der Waals surface area contributed by atoms with E-state index >= 15 is 0 Å². The molecule has 0 aliphatic carbocycles. The van der Waals surface area contributed by atoms with Crippen molar-refractivity contribution in [3.8, 4) is 0 Å². The van der Waals surface area contributed by atoms with Crippen LogP contribution in [0, 0.1) is 11.8 Å². The maximum absolute atomic E-state index is 11.6. The normalized spacial score (nSPS) is 22.1. The fraction of sp³-hybridized carbons (Fsp3) is 0.391. The first kappa shape index (κ1) is 17.8. The lowest BCUT2D eigenvalue weighted by molar-refractivity contribution is -0.128. The maximum atomic E-state index is 11.6. The minimum absolute atomic E-state index is 0.227. The Hall–Kier alpha value is -2.24. The Morgan fingerprint density at radius 2 is 1.68 bits per heavy atom. The van der Waals surface area contributed by atoms with Crippen molar-refractivity contribution < 1.29 is 4.79 Å². The zero-order valence-corrected chi connectivity index (χ0v) is 17.0. The second-order valence-electron chi connectivity index (χ2n) is 8.21. The molecule has 0 N–H and O–H groups in total. The second kappa shape index (κ2) is 7.30. The maximum Gasteiger partial charge on any atom is 0.219 e. The van der Waals surface area contributed by atoms with Crippen molar-refractivity contribution in [1.29, 1.82) is 0 Å². The van der Waals surface area contributed by atoms with E-state index in [1.165, 1.54) is 20.8 Å². The highest BCUT2D eigenvalue weighted by Gasteiger charge is 2.40. The van der Waals surface area contributed by atoms with Crippen LogP contribution in [0.1, 0.15) is 23.1 Å². The highest BCUT2D eigenvalue weighted by atomic mass is 32.1. The first-order valence-electron chi connectivity index (χ1n) is 10.0. The van der Waals surface area contributed by atoms with Crippen LogP contribution in [-0.2, 0) is 17.8 Å². The molecule has 0 radical (unpaired) electrons. The molecule has 5 rings (SSSR count). The molecule has 3 aromatic rings. The van der Waals surface area contributed by atoms with Gasteiger partial charge in [0.15, 0.2) is 0 Å². The SMILES string of the molecule is CC(=O)N1CC2CN(Cc3ccc(Cc4nc5ccccc5s4)cc3)CC2C1. The molecule has 2 aliphatic heterocycles. The number of para-hydroxylation sites is 1. The third-order valence-corrected chi connectivity index (χ3v) is 7.17. The van der Waals surface area contributed by atoms with Crippen LogP contribution in [0.15, 0.2) is 48.5 Å². The summed E-state index contributed by atoms with van der Waals surface area (Å²) in [5, 5.41) is 1.18. The molecule has 3 heterocycles. The van der Waals surface area contributed by atoms with Crippen molar-refractivity contribution >= 4 is 27.5 Å². The van der Waals surface area contributed by atoms with Gasteiger partial charge in [-0.3, -0.25) is 9.69 Å². The predicted octanol–water partition coefficient (Wildman–Crippen LogP) is 3.80. The van der Waals surface area contributed by atoms with E-state index in [2.05, 4.69) is 47.4 Å². The largest absolute Gasteiger partial charge is 0.342 e. The summed E-state index contributed by atoms with van der Waals surface area (Å²) in [5.74, 6) is 1.54. The highest BCUT2D eigenvalue weighted by molar-refractivity contribution is 7.18. The Balaban J connectivity index is 1.19. The number of carbonyl (C=O) groups is 1. The Bertz CT molecular complexity index is 950. The molecule has 2 aliphatic rings. The molecule has 2 saturated heterocycles. The average Bonchev–Trinajstić information content (AvgIpc) is 3.35. The molecule has 2 fully saturated rings. The third kappa shape index (κ3) is 3.56. The van der Waals surface area contributed by atoms with E-state index in [0.29, 0.717) is 11.8 Å². The van der Waals surface area contributed by atoms with E-state index in [-0.39, 0.29) is 5.91 Å². The lowest BCUT2D eigenvalue weighted by atomic mass is 10.0. The van der Waals surface area contributed by atoms with Crippen molar-refractivity contribution in [2.75, 3.05) is 26.2 Å². The minimum Gasteiger partial charge on any atom is -0.342 e. The lowest BCUT2D eigenvalue weighted by Gasteiger charge is -2.20. The van der Waals surface area contributed by atoms with Gasteiger partial charge in [-0.25, -0.2) is 4.98 Å². The third-order valence-electron chi connectivity index (χ3n) is 6.13. The topological polar surface area (TPSA) is 36.4 Å². The quantitative estimate of drug-likeness (QED) is 0.679. The van der Waals surface area contributed by atoms with Gasteiger partial charge in [0.25, 0.3) is 0 Å². The lowest BCUT2D eigenvalue weighted by Crippen LogP contribution is -2.31. The Labute approximate surface area is 169 Å². The van der Waals surface area contributed by atoms with Crippen LogP contribution in [0.25, 0.3) is 10.2 Å². The number of amides is 1. The Kier molecular flexibility index (Phi) is 4.65. The van der Waals surface area contributed by atoms with Crippen LogP contribution in [0.3, 0.4) is 0 Å². The van der Waals surface area contributed by atoms with Gasteiger partial charge in [0.2, 0.25) is 5.91 Å². The van der Waals surface area contributed by atoms with Crippen molar-refractivity contribution in [3.05, 3.63) is 64.7 Å². The van der Waals surface area contributed by atoms with Crippen molar-refractivity contribution in [2.24, 2.45) is 11.8 Å². The average molecular weight is 392 g/mol. The van der Waals surface area contributed by atoms with Crippen LogP contribution in [0.2, 0.25) is 0 Å². The summed E-state index contributed by atoms with van der Waals surface area (Å²) < 4.78 is 1.26. The number of benzene rings is 2. The van der Waals surface area contributed by atoms with Crippen LogP contribution >= 0.6 is 11.3 Å². The van der Waals surface area contributed by atoms with Crippen molar-refractivity contribution in [2.45, 2.75) is 19.9 Å². The standard InChI is InChI=1S/C23H25N3OS/c1-16(27)26-14-19-12-25(13-20(19)15-26)11-18-8-6-17(7-9-18)10-23-24-21-4-2-3-5-22(21)28-23/h2-9,19-20H,10-15H2,1H3. The number of hydrogen-bond acceptors (Lipinski definition) is 4. The van der Waals surface area contributed by atoms with E-state index in [4.69, 9.17) is 4.98 Å². The molecule has 2 atom stereocenters. The molecule has 1 amide bonds. The molecule has 1 aromatic heterocycles. The van der Waals surface area contributed by atoms with Crippen LogP contribution in [-0.4, -0.2) is 46.9 Å². The zero-order chi connectivity index (χ0) is 19.1. The van der Waals surface area contributed by atoms with Gasteiger partial charge in [-0.2, -0.15) is 0 Å². The molecule has 4 nitrogen and oxygen atoms in total. The minimum atomic E-state index is 0.227.